The number of aromatic nitrogens is 1. The molecular weight excluding hydrogens is 224 g/mol. The van der Waals surface area contributed by atoms with Gasteiger partial charge < -0.3 is 5.73 Å². The van der Waals surface area contributed by atoms with Gasteiger partial charge in [0.25, 0.3) is 0 Å². The number of aryl methyl sites for hydroxylation is 1. The predicted octanol–water partition coefficient (Wildman–Crippen LogP) is 3.33. The third kappa shape index (κ3) is 2.97. The first kappa shape index (κ1) is 10.5. The van der Waals surface area contributed by atoms with Crippen LogP contribution < -0.4 is 5.73 Å². The normalized spacial score (nSPS) is 10.5. The number of hydrogen-bond donors (Lipinski definition) is 1. The van der Waals surface area contributed by atoms with Crippen LogP contribution in [0.3, 0.4) is 0 Å². The van der Waals surface area contributed by atoms with Crippen LogP contribution in [0, 0.1) is 6.92 Å². The molecule has 2 rings (SSSR count). The van der Waals surface area contributed by atoms with Crippen LogP contribution in [0.2, 0.25) is 0 Å². The molecule has 0 saturated carbocycles. The molecule has 0 aliphatic rings. The van der Waals surface area contributed by atoms with Crippen molar-refractivity contribution in [3.05, 3.63) is 41.6 Å². The van der Waals surface area contributed by atoms with Gasteiger partial charge in [-0.2, -0.15) is 0 Å². The van der Waals surface area contributed by atoms with Gasteiger partial charge in [-0.1, -0.05) is 41.2 Å². The third-order valence-corrected chi connectivity index (χ3v) is 4.06. The van der Waals surface area contributed by atoms with Gasteiger partial charge in [0.1, 0.15) is 0 Å². The molecule has 0 saturated heterocycles. The van der Waals surface area contributed by atoms with Gasteiger partial charge >= 0.3 is 0 Å². The summed E-state index contributed by atoms with van der Waals surface area (Å²) in [7, 11) is 0. The first-order valence-corrected chi connectivity index (χ1v) is 6.44. The zero-order chi connectivity index (χ0) is 10.7. The second kappa shape index (κ2) is 4.68. The van der Waals surface area contributed by atoms with Gasteiger partial charge in [0.15, 0.2) is 5.13 Å². The van der Waals surface area contributed by atoms with E-state index in [0.717, 1.165) is 5.75 Å². The highest BCUT2D eigenvalue weighted by Crippen LogP contribution is 2.29. The van der Waals surface area contributed by atoms with Crippen molar-refractivity contribution in [2.24, 2.45) is 0 Å². The molecule has 0 radical (unpaired) electrons. The van der Waals surface area contributed by atoms with E-state index in [4.69, 9.17) is 5.73 Å². The molecule has 15 heavy (non-hydrogen) atoms. The van der Waals surface area contributed by atoms with Gasteiger partial charge in [-0.3, -0.25) is 0 Å². The highest BCUT2D eigenvalue weighted by atomic mass is 32.2. The van der Waals surface area contributed by atoms with E-state index in [0.29, 0.717) is 5.13 Å². The Morgan fingerprint density at radius 2 is 2.33 bits per heavy atom. The molecular formula is C11H12N2S2. The Balaban J connectivity index is 1.99. The van der Waals surface area contributed by atoms with Crippen LogP contribution >= 0.6 is 23.1 Å². The minimum absolute atomic E-state index is 0.641. The standard InChI is InChI=1S/C11H12N2S2/c1-8-3-2-4-9(5-8)7-14-10-6-13-11(12)15-10/h2-6H,7H2,1H3,(H2,12,13). The second-order valence-corrected chi connectivity index (χ2v) is 5.63. The Kier molecular flexibility index (Phi) is 3.28. The third-order valence-electron chi connectivity index (χ3n) is 1.97. The van der Waals surface area contributed by atoms with Crippen molar-refractivity contribution in [2.75, 3.05) is 5.73 Å². The van der Waals surface area contributed by atoms with Crippen LogP contribution in [0.5, 0.6) is 0 Å². The highest BCUT2D eigenvalue weighted by molar-refractivity contribution is 8.00. The molecule has 0 bridgehead atoms. The molecule has 0 fully saturated rings. The Morgan fingerprint density at radius 3 is 3.00 bits per heavy atom. The fourth-order valence-electron chi connectivity index (χ4n) is 1.30. The van der Waals surface area contributed by atoms with Gasteiger partial charge in [0.2, 0.25) is 0 Å². The lowest BCUT2D eigenvalue weighted by Gasteiger charge is -2.00. The predicted molar refractivity (Wildman–Crippen MR) is 67.3 cm³/mol. The summed E-state index contributed by atoms with van der Waals surface area (Å²) in [6.45, 7) is 2.11. The Bertz CT molecular complexity index is 451. The van der Waals surface area contributed by atoms with Gasteiger partial charge in [-0.05, 0) is 12.5 Å². The maximum Gasteiger partial charge on any atom is 0.181 e. The number of anilines is 1. The molecule has 2 aromatic rings. The first-order chi connectivity index (χ1) is 7.24. The molecule has 0 aliphatic carbocycles. The Hall–Kier alpha value is -1.00. The lowest BCUT2D eigenvalue weighted by atomic mass is 10.2. The topological polar surface area (TPSA) is 38.9 Å². The number of benzene rings is 1. The molecule has 4 heteroatoms. The van der Waals surface area contributed by atoms with E-state index in [2.05, 4.69) is 36.2 Å². The van der Waals surface area contributed by atoms with E-state index in [-0.39, 0.29) is 0 Å². The van der Waals surface area contributed by atoms with E-state index >= 15 is 0 Å². The van der Waals surface area contributed by atoms with E-state index in [1.807, 2.05) is 6.20 Å². The smallest absolute Gasteiger partial charge is 0.181 e. The van der Waals surface area contributed by atoms with Gasteiger partial charge in [-0.25, -0.2) is 4.98 Å². The molecule has 0 aliphatic heterocycles. The summed E-state index contributed by atoms with van der Waals surface area (Å²) in [6.07, 6.45) is 1.83. The first-order valence-electron chi connectivity index (χ1n) is 4.64. The fraction of sp³-hybridized carbons (Fsp3) is 0.182. The Labute approximate surface area is 97.5 Å². The van der Waals surface area contributed by atoms with Gasteiger partial charge in [0.05, 0.1) is 10.4 Å². The van der Waals surface area contributed by atoms with Gasteiger partial charge in [-0.15, -0.1) is 11.8 Å². The Morgan fingerprint density at radius 1 is 1.47 bits per heavy atom. The number of thioether (sulfide) groups is 1. The largest absolute Gasteiger partial charge is 0.375 e. The number of nitrogens with zero attached hydrogens (tertiary/aromatic N) is 1. The molecule has 1 heterocycles. The fourth-order valence-corrected chi connectivity index (χ4v) is 3.00. The molecule has 1 aromatic heterocycles. The SMILES string of the molecule is Cc1cccc(CSc2cnc(N)s2)c1. The van der Waals surface area contributed by atoms with Crippen molar-refractivity contribution in [2.45, 2.75) is 16.9 Å². The van der Waals surface area contributed by atoms with Crippen molar-refractivity contribution < 1.29 is 0 Å². The zero-order valence-electron chi connectivity index (χ0n) is 8.43. The summed E-state index contributed by atoms with van der Waals surface area (Å²) >= 11 is 3.32. The van der Waals surface area contributed by atoms with Crippen molar-refractivity contribution in [3.63, 3.8) is 0 Å². The van der Waals surface area contributed by atoms with Crippen LogP contribution in [0.15, 0.2) is 34.7 Å². The zero-order valence-corrected chi connectivity index (χ0v) is 10.1. The van der Waals surface area contributed by atoms with Crippen molar-refractivity contribution in [1.29, 1.82) is 0 Å². The average molecular weight is 236 g/mol. The highest BCUT2D eigenvalue weighted by Gasteiger charge is 2.00. The maximum atomic E-state index is 5.57. The van der Waals surface area contributed by atoms with Crippen LogP contribution in [0.25, 0.3) is 0 Å². The molecule has 0 spiro atoms. The number of nitrogen functional groups attached to an aromatic ring is 1. The van der Waals surface area contributed by atoms with Gasteiger partial charge in [0, 0.05) is 5.75 Å². The molecule has 1 aromatic carbocycles. The molecule has 0 atom stereocenters. The quantitative estimate of drug-likeness (QED) is 0.831. The minimum Gasteiger partial charge on any atom is -0.375 e. The lowest BCUT2D eigenvalue weighted by molar-refractivity contribution is 1.34. The van der Waals surface area contributed by atoms with E-state index in [1.165, 1.54) is 15.3 Å². The van der Waals surface area contributed by atoms with E-state index in [9.17, 15) is 0 Å². The average Bonchev–Trinajstić information content (AvgIpc) is 2.62. The minimum atomic E-state index is 0.641. The molecule has 0 amide bonds. The molecule has 78 valence electrons. The molecule has 2 nitrogen and oxygen atoms in total. The lowest BCUT2D eigenvalue weighted by Crippen LogP contribution is -1.80. The monoisotopic (exact) mass is 236 g/mol. The van der Waals surface area contributed by atoms with Crippen LogP contribution in [-0.4, -0.2) is 4.98 Å². The number of hydrogen-bond acceptors (Lipinski definition) is 4. The number of rotatable bonds is 3. The van der Waals surface area contributed by atoms with E-state index < -0.39 is 0 Å². The van der Waals surface area contributed by atoms with Crippen LogP contribution in [-0.2, 0) is 5.75 Å². The summed E-state index contributed by atoms with van der Waals surface area (Å²) in [6, 6.07) is 8.55. The van der Waals surface area contributed by atoms with Crippen LogP contribution in [0.4, 0.5) is 5.13 Å². The summed E-state index contributed by atoms with van der Waals surface area (Å²) < 4.78 is 1.18. The second-order valence-electron chi connectivity index (χ2n) is 3.30. The van der Waals surface area contributed by atoms with Crippen molar-refractivity contribution >= 4 is 28.2 Å². The van der Waals surface area contributed by atoms with Crippen LogP contribution in [0.1, 0.15) is 11.1 Å². The van der Waals surface area contributed by atoms with E-state index in [1.54, 1.807) is 23.1 Å². The molecule has 2 N–H and O–H groups in total. The number of thiazole rings is 1. The summed E-state index contributed by atoms with van der Waals surface area (Å²) in [5.41, 5.74) is 8.21. The summed E-state index contributed by atoms with van der Waals surface area (Å²) in [5.74, 6) is 0.976. The molecule has 0 unspecified atom stereocenters. The summed E-state index contributed by atoms with van der Waals surface area (Å²) in [5, 5.41) is 0.641. The van der Waals surface area contributed by atoms with Crippen molar-refractivity contribution in [3.8, 4) is 0 Å². The number of nitrogens with two attached hydrogens (primary N) is 1. The summed E-state index contributed by atoms with van der Waals surface area (Å²) in [4.78, 5) is 4.02. The van der Waals surface area contributed by atoms with Crippen molar-refractivity contribution in [1.82, 2.24) is 4.98 Å². The maximum absolute atomic E-state index is 5.57.